The number of carbonyl (C=O) groups excluding carboxylic acids is 2. The third-order valence-corrected chi connectivity index (χ3v) is 4.09. The van der Waals surface area contributed by atoms with Crippen molar-refractivity contribution in [1.29, 1.82) is 0 Å². The van der Waals surface area contributed by atoms with Crippen LogP contribution >= 0.6 is 0 Å². The first-order valence-corrected chi connectivity index (χ1v) is 7.59. The second kappa shape index (κ2) is 7.75. The molecule has 1 fully saturated rings. The zero-order valence-corrected chi connectivity index (χ0v) is 12.5. The van der Waals surface area contributed by atoms with Gasteiger partial charge in [0.05, 0.1) is 0 Å². The molecule has 1 aliphatic carbocycles. The summed E-state index contributed by atoms with van der Waals surface area (Å²) in [6.45, 7) is 0.114. The summed E-state index contributed by atoms with van der Waals surface area (Å²) < 4.78 is 0. The fraction of sp³-hybridized carbons (Fsp3) is 0.412. The van der Waals surface area contributed by atoms with Gasteiger partial charge in [0.25, 0.3) is 0 Å². The molecule has 0 aromatic heterocycles. The highest BCUT2D eigenvalue weighted by atomic mass is 16.3. The largest absolute Gasteiger partial charge is 0.396 e. The van der Waals surface area contributed by atoms with Crippen molar-refractivity contribution < 1.29 is 14.7 Å². The van der Waals surface area contributed by atoms with Gasteiger partial charge in [-0.05, 0) is 36.6 Å². The van der Waals surface area contributed by atoms with Crippen LogP contribution in [0.25, 0.3) is 6.08 Å². The van der Waals surface area contributed by atoms with Crippen molar-refractivity contribution in [3.8, 4) is 0 Å². The zero-order chi connectivity index (χ0) is 15.9. The molecular weight excluding hydrogens is 280 g/mol. The van der Waals surface area contributed by atoms with Crippen LogP contribution in [0.4, 0.5) is 0 Å². The molecule has 2 amide bonds. The molecule has 0 saturated heterocycles. The van der Waals surface area contributed by atoms with Gasteiger partial charge in [0.15, 0.2) is 0 Å². The van der Waals surface area contributed by atoms with E-state index in [0.29, 0.717) is 5.56 Å². The number of benzene rings is 1. The molecule has 4 N–H and O–H groups in total. The first-order valence-electron chi connectivity index (χ1n) is 7.59. The van der Waals surface area contributed by atoms with Crippen LogP contribution in [0.1, 0.15) is 41.6 Å². The molecule has 0 radical (unpaired) electrons. The minimum atomic E-state index is -0.472. The summed E-state index contributed by atoms with van der Waals surface area (Å²) in [4.78, 5) is 22.9. The highest BCUT2D eigenvalue weighted by Crippen LogP contribution is 2.23. The maximum absolute atomic E-state index is 12.0. The third-order valence-electron chi connectivity index (χ3n) is 4.09. The fourth-order valence-corrected chi connectivity index (χ4v) is 2.78. The van der Waals surface area contributed by atoms with E-state index in [-0.39, 0.29) is 24.5 Å². The van der Waals surface area contributed by atoms with Crippen molar-refractivity contribution in [2.24, 2.45) is 11.7 Å². The Morgan fingerprint density at radius 2 is 1.91 bits per heavy atom. The molecule has 22 heavy (non-hydrogen) atoms. The summed E-state index contributed by atoms with van der Waals surface area (Å²) in [5.74, 6) is -0.481. The molecule has 0 aliphatic heterocycles. The number of hydrogen-bond donors (Lipinski definition) is 3. The molecule has 2 atom stereocenters. The van der Waals surface area contributed by atoms with E-state index in [1.165, 1.54) is 6.08 Å². The molecule has 5 heteroatoms. The number of carbonyl (C=O) groups is 2. The molecular formula is C17H22N2O3. The average molecular weight is 302 g/mol. The van der Waals surface area contributed by atoms with Crippen molar-refractivity contribution in [2.45, 2.75) is 31.7 Å². The van der Waals surface area contributed by atoms with Gasteiger partial charge >= 0.3 is 0 Å². The summed E-state index contributed by atoms with van der Waals surface area (Å²) >= 11 is 0. The van der Waals surface area contributed by atoms with Crippen molar-refractivity contribution >= 4 is 17.9 Å². The summed E-state index contributed by atoms with van der Waals surface area (Å²) in [7, 11) is 0. The second-order valence-corrected chi connectivity index (χ2v) is 5.66. The van der Waals surface area contributed by atoms with Crippen LogP contribution in [0.5, 0.6) is 0 Å². The van der Waals surface area contributed by atoms with E-state index in [1.807, 2.05) is 0 Å². The van der Waals surface area contributed by atoms with Crippen LogP contribution in [0.3, 0.4) is 0 Å². The van der Waals surface area contributed by atoms with Crippen molar-refractivity contribution in [1.82, 2.24) is 5.32 Å². The van der Waals surface area contributed by atoms with Crippen LogP contribution in [-0.2, 0) is 4.79 Å². The lowest BCUT2D eigenvalue weighted by molar-refractivity contribution is -0.117. The average Bonchev–Trinajstić information content (AvgIpc) is 2.54. The molecule has 1 aromatic carbocycles. The SMILES string of the molecule is NC(=O)c1ccc(/C=C/C(=O)NC2CCCCC2CO)cc1. The van der Waals surface area contributed by atoms with Gasteiger partial charge in [-0.2, -0.15) is 0 Å². The fourth-order valence-electron chi connectivity index (χ4n) is 2.78. The number of aliphatic hydroxyl groups excluding tert-OH is 1. The summed E-state index contributed by atoms with van der Waals surface area (Å²) in [5.41, 5.74) is 6.44. The summed E-state index contributed by atoms with van der Waals surface area (Å²) in [6, 6.07) is 6.78. The van der Waals surface area contributed by atoms with Gasteiger partial charge in [-0.25, -0.2) is 0 Å². The molecule has 2 unspecified atom stereocenters. The maximum Gasteiger partial charge on any atom is 0.248 e. The molecule has 118 valence electrons. The summed E-state index contributed by atoms with van der Waals surface area (Å²) in [5, 5.41) is 12.3. The third kappa shape index (κ3) is 4.43. The van der Waals surface area contributed by atoms with Gasteiger partial charge in [-0.3, -0.25) is 9.59 Å². The van der Waals surface area contributed by atoms with Crippen LogP contribution in [0.15, 0.2) is 30.3 Å². The minimum absolute atomic E-state index is 0.0492. The highest BCUT2D eigenvalue weighted by Gasteiger charge is 2.25. The van der Waals surface area contributed by atoms with Crippen LogP contribution in [0, 0.1) is 5.92 Å². The number of aliphatic hydroxyl groups is 1. The maximum atomic E-state index is 12.0. The highest BCUT2D eigenvalue weighted by molar-refractivity contribution is 5.94. The van der Waals surface area contributed by atoms with E-state index in [1.54, 1.807) is 30.3 Å². The van der Waals surface area contributed by atoms with E-state index < -0.39 is 5.91 Å². The summed E-state index contributed by atoms with van der Waals surface area (Å²) in [6.07, 6.45) is 7.23. The van der Waals surface area contributed by atoms with Gasteiger partial charge in [-0.15, -0.1) is 0 Å². The van der Waals surface area contributed by atoms with Crippen LogP contribution in [0.2, 0.25) is 0 Å². The van der Waals surface area contributed by atoms with Crippen molar-refractivity contribution in [3.05, 3.63) is 41.5 Å². The zero-order valence-electron chi connectivity index (χ0n) is 12.5. The van der Waals surface area contributed by atoms with Gasteiger partial charge in [0.1, 0.15) is 0 Å². The van der Waals surface area contributed by atoms with Crippen molar-refractivity contribution in [3.63, 3.8) is 0 Å². The lowest BCUT2D eigenvalue weighted by atomic mass is 9.85. The van der Waals surface area contributed by atoms with Gasteiger partial charge in [0, 0.05) is 30.2 Å². The number of nitrogens with one attached hydrogen (secondary N) is 1. The predicted molar refractivity (Wildman–Crippen MR) is 85.0 cm³/mol. The Bertz CT molecular complexity index is 552. The minimum Gasteiger partial charge on any atom is -0.396 e. The topological polar surface area (TPSA) is 92.4 Å². The first kappa shape index (κ1) is 16.2. The van der Waals surface area contributed by atoms with E-state index in [9.17, 15) is 14.7 Å². The Morgan fingerprint density at radius 3 is 2.55 bits per heavy atom. The monoisotopic (exact) mass is 302 g/mol. The lowest BCUT2D eigenvalue weighted by Gasteiger charge is -2.30. The van der Waals surface area contributed by atoms with Crippen molar-refractivity contribution in [2.75, 3.05) is 6.61 Å². The quantitative estimate of drug-likeness (QED) is 0.719. The van der Waals surface area contributed by atoms with Crippen LogP contribution in [-0.4, -0.2) is 29.6 Å². The molecule has 1 aromatic rings. The normalized spacial score (nSPS) is 21.7. The molecule has 0 heterocycles. The Kier molecular flexibility index (Phi) is 5.72. The predicted octanol–water partition coefficient (Wildman–Crippen LogP) is 1.47. The standard InChI is InChI=1S/C17H22N2O3/c18-17(22)13-8-5-12(6-9-13)7-10-16(21)19-15-4-2-1-3-14(15)11-20/h5-10,14-15,20H,1-4,11H2,(H2,18,22)(H,19,21)/b10-7+. The first-order chi connectivity index (χ1) is 10.6. The van der Waals surface area contributed by atoms with E-state index in [4.69, 9.17) is 5.73 Å². The number of amides is 2. The Morgan fingerprint density at radius 1 is 1.23 bits per heavy atom. The molecule has 1 saturated carbocycles. The van der Waals surface area contributed by atoms with Gasteiger partial charge < -0.3 is 16.2 Å². The smallest absolute Gasteiger partial charge is 0.248 e. The Hall–Kier alpha value is -2.14. The molecule has 0 bridgehead atoms. The number of nitrogens with two attached hydrogens (primary N) is 1. The van der Waals surface area contributed by atoms with Gasteiger partial charge in [-0.1, -0.05) is 25.0 Å². The molecule has 2 rings (SSSR count). The van der Waals surface area contributed by atoms with E-state index in [2.05, 4.69) is 5.32 Å². The second-order valence-electron chi connectivity index (χ2n) is 5.66. The van der Waals surface area contributed by atoms with Crippen LogP contribution < -0.4 is 11.1 Å². The van der Waals surface area contributed by atoms with E-state index in [0.717, 1.165) is 31.2 Å². The Balaban J connectivity index is 1.91. The number of primary amides is 1. The van der Waals surface area contributed by atoms with E-state index >= 15 is 0 Å². The lowest BCUT2D eigenvalue weighted by Crippen LogP contribution is -2.42. The Labute approximate surface area is 130 Å². The molecule has 0 spiro atoms. The molecule has 1 aliphatic rings. The number of rotatable bonds is 5. The molecule has 5 nitrogen and oxygen atoms in total. The number of hydrogen-bond acceptors (Lipinski definition) is 3. The van der Waals surface area contributed by atoms with Gasteiger partial charge in [0.2, 0.25) is 11.8 Å².